The first kappa shape index (κ1) is 20.8. The number of benzene rings is 1. The first-order valence-corrected chi connectivity index (χ1v) is 11.7. The summed E-state index contributed by atoms with van der Waals surface area (Å²) in [5.74, 6) is 0.224. The van der Waals surface area contributed by atoms with Crippen LogP contribution in [-0.2, 0) is 17.8 Å². The summed E-state index contributed by atoms with van der Waals surface area (Å²) in [4.78, 5) is 27.2. The van der Waals surface area contributed by atoms with Crippen LogP contribution in [0.4, 0.5) is 0 Å². The van der Waals surface area contributed by atoms with E-state index in [1.807, 2.05) is 32.3 Å². The van der Waals surface area contributed by atoms with E-state index in [-0.39, 0.29) is 11.7 Å². The molecule has 0 amide bonds. The molecule has 1 N–H and O–H groups in total. The minimum Gasteiger partial charge on any atom is -0.338 e. The summed E-state index contributed by atoms with van der Waals surface area (Å²) in [7, 11) is 0. The van der Waals surface area contributed by atoms with Crippen LogP contribution >= 0.6 is 0 Å². The number of ketones is 1. The topological polar surface area (TPSA) is 61.9 Å². The van der Waals surface area contributed by atoms with E-state index in [0.29, 0.717) is 6.42 Å². The third kappa shape index (κ3) is 4.30. The molecule has 1 aromatic carbocycles. The zero-order valence-electron chi connectivity index (χ0n) is 18.9. The molecule has 0 aliphatic carbocycles. The molecule has 1 saturated heterocycles. The Labute approximate surface area is 188 Å². The lowest BCUT2D eigenvalue weighted by Crippen LogP contribution is -2.28. The number of likely N-dealkylation sites (tertiary alicyclic amines) is 1. The van der Waals surface area contributed by atoms with Gasteiger partial charge in [-0.1, -0.05) is 44.5 Å². The van der Waals surface area contributed by atoms with Crippen LogP contribution in [0.1, 0.15) is 44.4 Å². The van der Waals surface area contributed by atoms with Crippen LogP contribution in [0.25, 0.3) is 33.1 Å². The number of aromatic amines is 1. The summed E-state index contributed by atoms with van der Waals surface area (Å²) in [6.07, 6.45) is 8.10. The van der Waals surface area contributed by atoms with Crippen molar-refractivity contribution in [3.63, 3.8) is 0 Å². The number of rotatable bonds is 6. The molecule has 5 rings (SSSR count). The van der Waals surface area contributed by atoms with Crippen LogP contribution < -0.4 is 0 Å². The molecule has 0 bridgehead atoms. The predicted octanol–water partition coefficient (Wildman–Crippen LogP) is 5.53. The van der Waals surface area contributed by atoms with Crippen LogP contribution in [-0.4, -0.2) is 38.7 Å². The van der Waals surface area contributed by atoms with Crippen molar-refractivity contribution in [2.24, 2.45) is 5.92 Å². The van der Waals surface area contributed by atoms with Gasteiger partial charge in [-0.2, -0.15) is 0 Å². The van der Waals surface area contributed by atoms with E-state index < -0.39 is 0 Å². The minimum absolute atomic E-state index is 0.0154. The van der Waals surface area contributed by atoms with Crippen molar-refractivity contribution in [2.45, 2.75) is 46.1 Å². The van der Waals surface area contributed by atoms with Gasteiger partial charge in [0.05, 0.1) is 11.7 Å². The van der Waals surface area contributed by atoms with Gasteiger partial charge in [0, 0.05) is 47.1 Å². The standard InChI is InChI=1S/C27H30N4O/c1-18(2)26(32)14-22-13-23-24-12-21(15-29-27(24)30-25(23)16-28-22)20-8-6-19(7-9-20)17-31-10-4-3-5-11-31/h6-9,12-13,15-16,18H,3-5,10-11,14,17H2,1-2H3,(H,29,30). The summed E-state index contributed by atoms with van der Waals surface area (Å²) in [5, 5.41) is 2.13. The van der Waals surface area contributed by atoms with Gasteiger partial charge in [-0.25, -0.2) is 4.98 Å². The van der Waals surface area contributed by atoms with Crippen LogP contribution in [0.5, 0.6) is 0 Å². The number of piperidine rings is 1. The highest BCUT2D eigenvalue weighted by atomic mass is 16.1. The van der Waals surface area contributed by atoms with Crippen molar-refractivity contribution in [1.29, 1.82) is 0 Å². The average Bonchev–Trinajstić information content (AvgIpc) is 3.17. The van der Waals surface area contributed by atoms with Gasteiger partial charge < -0.3 is 4.98 Å². The lowest BCUT2D eigenvalue weighted by molar-refractivity contribution is -0.121. The molecule has 164 valence electrons. The third-order valence-corrected chi connectivity index (χ3v) is 6.53. The van der Waals surface area contributed by atoms with Gasteiger partial charge in [0.25, 0.3) is 0 Å². The van der Waals surface area contributed by atoms with Crippen molar-refractivity contribution in [2.75, 3.05) is 13.1 Å². The number of nitrogens with one attached hydrogen (secondary N) is 1. The molecule has 4 aromatic rings. The van der Waals surface area contributed by atoms with E-state index in [9.17, 15) is 4.79 Å². The minimum atomic E-state index is 0.0154. The lowest BCUT2D eigenvalue weighted by atomic mass is 10.0. The molecule has 4 heterocycles. The second-order valence-electron chi connectivity index (χ2n) is 9.30. The zero-order chi connectivity index (χ0) is 22.1. The van der Waals surface area contributed by atoms with Gasteiger partial charge in [0.15, 0.2) is 0 Å². The van der Waals surface area contributed by atoms with Gasteiger partial charge in [0.1, 0.15) is 11.4 Å². The Morgan fingerprint density at radius 1 is 0.969 bits per heavy atom. The molecular formula is C27H30N4O. The number of carbonyl (C=O) groups is 1. The van der Waals surface area contributed by atoms with E-state index in [4.69, 9.17) is 0 Å². The summed E-state index contributed by atoms with van der Waals surface area (Å²) >= 11 is 0. The number of pyridine rings is 2. The molecular weight excluding hydrogens is 396 g/mol. The second-order valence-corrected chi connectivity index (χ2v) is 9.30. The zero-order valence-corrected chi connectivity index (χ0v) is 18.9. The summed E-state index contributed by atoms with van der Waals surface area (Å²) in [5.41, 5.74) is 6.23. The number of aromatic nitrogens is 3. The van der Waals surface area contributed by atoms with Crippen molar-refractivity contribution in [3.05, 3.63) is 60.0 Å². The largest absolute Gasteiger partial charge is 0.338 e. The molecule has 32 heavy (non-hydrogen) atoms. The fraction of sp³-hybridized carbons (Fsp3) is 0.370. The lowest BCUT2D eigenvalue weighted by Gasteiger charge is -2.26. The Balaban J connectivity index is 1.42. The third-order valence-electron chi connectivity index (χ3n) is 6.53. The average molecular weight is 427 g/mol. The van der Waals surface area contributed by atoms with E-state index in [0.717, 1.165) is 39.7 Å². The molecule has 5 nitrogen and oxygen atoms in total. The normalized spacial score (nSPS) is 15.1. The molecule has 5 heteroatoms. The molecule has 1 fully saturated rings. The maximum absolute atomic E-state index is 12.2. The molecule has 1 aliphatic heterocycles. The molecule has 0 atom stereocenters. The first-order valence-electron chi connectivity index (χ1n) is 11.7. The Kier molecular flexibility index (Phi) is 5.75. The van der Waals surface area contributed by atoms with Crippen molar-refractivity contribution in [3.8, 4) is 11.1 Å². The van der Waals surface area contributed by atoms with Gasteiger partial charge in [-0.05, 0) is 49.2 Å². The molecule has 1 aliphatic rings. The van der Waals surface area contributed by atoms with Crippen LogP contribution in [0.2, 0.25) is 0 Å². The van der Waals surface area contributed by atoms with E-state index >= 15 is 0 Å². The summed E-state index contributed by atoms with van der Waals surface area (Å²) in [6.45, 7) is 7.32. The van der Waals surface area contributed by atoms with Gasteiger partial charge in [-0.3, -0.25) is 14.7 Å². The number of nitrogens with zero attached hydrogens (tertiary/aromatic N) is 3. The highest BCUT2D eigenvalue weighted by Crippen LogP contribution is 2.29. The van der Waals surface area contributed by atoms with Crippen molar-refractivity contribution >= 4 is 27.7 Å². The van der Waals surface area contributed by atoms with Gasteiger partial charge >= 0.3 is 0 Å². The highest BCUT2D eigenvalue weighted by Gasteiger charge is 2.14. The Morgan fingerprint density at radius 3 is 2.50 bits per heavy atom. The van der Waals surface area contributed by atoms with Crippen molar-refractivity contribution in [1.82, 2.24) is 19.9 Å². The fourth-order valence-corrected chi connectivity index (χ4v) is 4.53. The first-order chi connectivity index (χ1) is 15.6. The quantitative estimate of drug-likeness (QED) is 0.440. The van der Waals surface area contributed by atoms with Crippen LogP contribution in [0.15, 0.2) is 48.8 Å². The van der Waals surface area contributed by atoms with Crippen LogP contribution in [0, 0.1) is 5.92 Å². The van der Waals surface area contributed by atoms with E-state index in [2.05, 4.69) is 50.2 Å². The Morgan fingerprint density at radius 2 is 1.75 bits per heavy atom. The molecule has 3 aromatic heterocycles. The monoisotopic (exact) mass is 426 g/mol. The second kappa shape index (κ2) is 8.83. The van der Waals surface area contributed by atoms with Gasteiger partial charge in [0.2, 0.25) is 0 Å². The molecule has 0 radical (unpaired) electrons. The molecule has 0 saturated carbocycles. The maximum atomic E-state index is 12.2. The SMILES string of the molecule is CC(C)C(=O)Cc1cc2c(cn1)[nH]c1ncc(-c3ccc(CN4CCCCC4)cc3)cc12. The number of carbonyl (C=O) groups excluding carboxylic acids is 1. The number of hydrogen-bond acceptors (Lipinski definition) is 4. The van der Waals surface area contributed by atoms with Gasteiger partial charge in [-0.15, -0.1) is 0 Å². The van der Waals surface area contributed by atoms with Crippen molar-refractivity contribution < 1.29 is 4.79 Å². The number of fused-ring (bicyclic) bond motifs is 3. The van der Waals surface area contributed by atoms with E-state index in [1.165, 1.54) is 43.5 Å². The Bertz CT molecular complexity index is 1250. The smallest absolute Gasteiger partial charge is 0.141 e. The molecule has 0 unspecified atom stereocenters. The maximum Gasteiger partial charge on any atom is 0.141 e. The number of H-pyrrole nitrogens is 1. The fourth-order valence-electron chi connectivity index (χ4n) is 4.53. The predicted molar refractivity (Wildman–Crippen MR) is 130 cm³/mol. The van der Waals surface area contributed by atoms with Crippen LogP contribution in [0.3, 0.4) is 0 Å². The number of Topliss-reactive ketones (excluding diaryl/α,β-unsaturated/α-hetero) is 1. The number of hydrogen-bond donors (Lipinski definition) is 1. The molecule has 0 spiro atoms. The highest BCUT2D eigenvalue weighted by molar-refractivity contribution is 6.07. The summed E-state index contributed by atoms with van der Waals surface area (Å²) in [6, 6.07) is 13.1. The Hall–Kier alpha value is -3.05. The summed E-state index contributed by atoms with van der Waals surface area (Å²) < 4.78 is 0. The van der Waals surface area contributed by atoms with E-state index in [1.54, 1.807) is 0 Å².